The second-order valence-corrected chi connectivity index (χ2v) is 4.21. The molecule has 0 bridgehead atoms. The summed E-state index contributed by atoms with van der Waals surface area (Å²) in [5.41, 5.74) is 0. The second-order valence-electron chi connectivity index (χ2n) is 4.21. The third kappa shape index (κ3) is 2.85. The normalized spacial score (nSPS) is 17.2. The molecule has 1 aliphatic carbocycles. The molecule has 0 aromatic carbocycles. The first kappa shape index (κ1) is 10.3. The van der Waals surface area contributed by atoms with E-state index in [9.17, 15) is 0 Å². The van der Waals surface area contributed by atoms with Gasteiger partial charge in [0.15, 0.2) is 0 Å². The summed E-state index contributed by atoms with van der Waals surface area (Å²) in [6, 6.07) is 6.61. The largest absolute Gasteiger partial charge is 0.370 e. The standard InChI is InChI=1S/C12H19N3/c1-3-13-11-5-4-6-12(15-11)14-9(2)10-7-8-10/h4-6,9-10H,3,7-8H2,1-2H3,(H2,13,14,15). The Morgan fingerprint density at radius 1 is 1.40 bits per heavy atom. The van der Waals surface area contributed by atoms with Crippen molar-refractivity contribution in [2.75, 3.05) is 17.2 Å². The third-order valence-electron chi connectivity index (χ3n) is 2.81. The van der Waals surface area contributed by atoms with Crippen LogP contribution in [0.15, 0.2) is 18.2 Å². The van der Waals surface area contributed by atoms with Crippen LogP contribution in [0, 0.1) is 5.92 Å². The van der Waals surface area contributed by atoms with Gasteiger partial charge in [-0.2, -0.15) is 0 Å². The molecule has 1 aromatic heterocycles. The van der Waals surface area contributed by atoms with Crippen LogP contribution in [0.25, 0.3) is 0 Å². The van der Waals surface area contributed by atoms with Gasteiger partial charge in [-0.3, -0.25) is 0 Å². The molecule has 1 aliphatic rings. The molecule has 1 atom stereocenters. The van der Waals surface area contributed by atoms with Crippen LogP contribution in [0.1, 0.15) is 26.7 Å². The zero-order valence-electron chi connectivity index (χ0n) is 9.46. The van der Waals surface area contributed by atoms with E-state index in [4.69, 9.17) is 0 Å². The van der Waals surface area contributed by atoms with Crippen molar-refractivity contribution in [3.63, 3.8) is 0 Å². The SMILES string of the molecule is CCNc1cccc(NC(C)C2CC2)n1. The smallest absolute Gasteiger partial charge is 0.128 e. The maximum Gasteiger partial charge on any atom is 0.128 e. The number of anilines is 2. The topological polar surface area (TPSA) is 37.0 Å². The molecule has 2 rings (SSSR count). The van der Waals surface area contributed by atoms with Gasteiger partial charge in [-0.25, -0.2) is 4.98 Å². The number of hydrogen-bond donors (Lipinski definition) is 2. The van der Waals surface area contributed by atoms with Crippen molar-refractivity contribution in [3.05, 3.63) is 18.2 Å². The van der Waals surface area contributed by atoms with Crippen LogP contribution >= 0.6 is 0 Å². The lowest BCUT2D eigenvalue weighted by Gasteiger charge is -2.14. The minimum absolute atomic E-state index is 0.550. The lowest BCUT2D eigenvalue weighted by molar-refractivity contribution is 0.691. The Kier molecular flexibility index (Phi) is 3.09. The zero-order valence-corrected chi connectivity index (χ0v) is 9.46. The van der Waals surface area contributed by atoms with Gasteiger partial charge in [0.05, 0.1) is 0 Å². The van der Waals surface area contributed by atoms with Crippen LogP contribution in [-0.4, -0.2) is 17.6 Å². The molecular formula is C12H19N3. The van der Waals surface area contributed by atoms with E-state index in [0.29, 0.717) is 6.04 Å². The minimum Gasteiger partial charge on any atom is -0.370 e. The number of rotatable bonds is 5. The maximum atomic E-state index is 4.49. The van der Waals surface area contributed by atoms with Gasteiger partial charge in [-0.15, -0.1) is 0 Å². The summed E-state index contributed by atoms with van der Waals surface area (Å²) >= 11 is 0. The van der Waals surface area contributed by atoms with Crippen molar-refractivity contribution in [3.8, 4) is 0 Å². The van der Waals surface area contributed by atoms with Gasteiger partial charge in [0.1, 0.15) is 11.6 Å². The molecule has 0 spiro atoms. The van der Waals surface area contributed by atoms with E-state index in [1.807, 2.05) is 18.2 Å². The summed E-state index contributed by atoms with van der Waals surface area (Å²) < 4.78 is 0. The number of nitrogens with zero attached hydrogens (tertiary/aromatic N) is 1. The monoisotopic (exact) mass is 205 g/mol. The van der Waals surface area contributed by atoms with Gasteiger partial charge < -0.3 is 10.6 Å². The van der Waals surface area contributed by atoms with Crippen molar-refractivity contribution in [1.82, 2.24) is 4.98 Å². The molecular weight excluding hydrogens is 186 g/mol. The Labute approximate surface area is 91.3 Å². The molecule has 0 radical (unpaired) electrons. The predicted molar refractivity (Wildman–Crippen MR) is 64.2 cm³/mol. The molecule has 15 heavy (non-hydrogen) atoms. The summed E-state index contributed by atoms with van der Waals surface area (Å²) in [6.45, 7) is 5.22. The molecule has 0 amide bonds. The average molecular weight is 205 g/mol. The molecule has 3 heteroatoms. The van der Waals surface area contributed by atoms with Crippen LogP contribution in [-0.2, 0) is 0 Å². The summed E-state index contributed by atoms with van der Waals surface area (Å²) in [5.74, 6) is 2.79. The number of pyridine rings is 1. The van der Waals surface area contributed by atoms with E-state index in [-0.39, 0.29) is 0 Å². The quantitative estimate of drug-likeness (QED) is 0.776. The van der Waals surface area contributed by atoms with Gasteiger partial charge in [-0.1, -0.05) is 6.07 Å². The van der Waals surface area contributed by atoms with Gasteiger partial charge in [0, 0.05) is 12.6 Å². The minimum atomic E-state index is 0.550. The molecule has 1 saturated carbocycles. The summed E-state index contributed by atoms with van der Waals surface area (Å²) in [5, 5.41) is 6.67. The fourth-order valence-electron chi connectivity index (χ4n) is 1.74. The van der Waals surface area contributed by atoms with Crippen LogP contribution in [0.2, 0.25) is 0 Å². The second kappa shape index (κ2) is 4.51. The lowest BCUT2D eigenvalue weighted by atomic mass is 10.2. The average Bonchev–Trinajstić information content (AvgIpc) is 3.01. The Balaban J connectivity index is 1.97. The summed E-state index contributed by atoms with van der Waals surface area (Å²) in [6.07, 6.45) is 2.72. The summed E-state index contributed by atoms with van der Waals surface area (Å²) in [4.78, 5) is 4.49. The van der Waals surface area contributed by atoms with Crippen molar-refractivity contribution in [2.24, 2.45) is 5.92 Å². The molecule has 82 valence electrons. The van der Waals surface area contributed by atoms with E-state index < -0.39 is 0 Å². The molecule has 0 aliphatic heterocycles. The van der Waals surface area contributed by atoms with Crippen molar-refractivity contribution < 1.29 is 0 Å². The van der Waals surface area contributed by atoms with Crippen LogP contribution in [0.5, 0.6) is 0 Å². The van der Waals surface area contributed by atoms with Crippen LogP contribution < -0.4 is 10.6 Å². The number of aromatic nitrogens is 1. The lowest BCUT2D eigenvalue weighted by Crippen LogP contribution is -2.18. The van der Waals surface area contributed by atoms with Crippen molar-refractivity contribution in [1.29, 1.82) is 0 Å². The Morgan fingerprint density at radius 2 is 2.13 bits per heavy atom. The Hall–Kier alpha value is -1.25. The highest BCUT2D eigenvalue weighted by atomic mass is 15.1. The molecule has 1 aromatic rings. The molecule has 1 heterocycles. The first-order valence-electron chi connectivity index (χ1n) is 5.77. The number of hydrogen-bond acceptors (Lipinski definition) is 3. The van der Waals surface area contributed by atoms with Gasteiger partial charge in [0.25, 0.3) is 0 Å². The zero-order chi connectivity index (χ0) is 10.7. The van der Waals surface area contributed by atoms with Gasteiger partial charge >= 0.3 is 0 Å². The highest BCUT2D eigenvalue weighted by Crippen LogP contribution is 2.33. The first-order valence-corrected chi connectivity index (χ1v) is 5.77. The van der Waals surface area contributed by atoms with E-state index in [0.717, 1.165) is 24.1 Å². The van der Waals surface area contributed by atoms with Gasteiger partial charge in [0.2, 0.25) is 0 Å². The maximum absolute atomic E-state index is 4.49. The first-order chi connectivity index (χ1) is 7.29. The van der Waals surface area contributed by atoms with E-state index in [2.05, 4.69) is 29.5 Å². The fraction of sp³-hybridized carbons (Fsp3) is 0.583. The summed E-state index contributed by atoms with van der Waals surface area (Å²) in [7, 11) is 0. The van der Waals surface area contributed by atoms with E-state index in [1.165, 1.54) is 12.8 Å². The highest BCUT2D eigenvalue weighted by Gasteiger charge is 2.27. The van der Waals surface area contributed by atoms with E-state index >= 15 is 0 Å². The molecule has 2 N–H and O–H groups in total. The Bertz CT molecular complexity index is 320. The van der Waals surface area contributed by atoms with Crippen molar-refractivity contribution >= 4 is 11.6 Å². The molecule has 1 fully saturated rings. The molecule has 1 unspecified atom stereocenters. The fourth-order valence-corrected chi connectivity index (χ4v) is 1.74. The number of nitrogens with one attached hydrogen (secondary N) is 2. The third-order valence-corrected chi connectivity index (χ3v) is 2.81. The molecule has 3 nitrogen and oxygen atoms in total. The van der Waals surface area contributed by atoms with Crippen molar-refractivity contribution in [2.45, 2.75) is 32.7 Å². The highest BCUT2D eigenvalue weighted by molar-refractivity contribution is 5.45. The van der Waals surface area contributed by atoms with Gasteiger partial charge in [-0.05, 0) is 44.7 Å². The van der Waals surface area contributed by atoms with Crippen LogP contribution in [0.3, 0.4) is 0 Å². The predicted octanol–water partition coefficient (Wildman–Crippen LogP) is 2.72. The Morgan fingerprint density at radius 3 is 2.80 bits per heavy atom. The van der Waals surface area contributed by atoms with Crippen LogP contribution in [0.4, 0.5) is 11.6 Å². The molecule has 0 saturated heterocycles. The van der Waals surface area contributed by atoms with E-state index in [1.54, 1.807) is 0 Å².